The molecule has 7 heteroatoms. The second kappa shape index (κ2) is 10.7. The predicted molar refractivity (Wildman–Crippen MR) is 158 cm³/mol. The molecular weight excluding hydrogens is 498 g/mol. The van der Waals surface area contributed by atoms with E-state index in [2.05, 4.69) is 70.7 Å². The Bertz CT molecular complexity index is 1450. The van der Waals surface area contributed by atoms with Crippen LogP contribution < -0.4 is 15.0 Å². The Labute approximate surface area is 235 Å². The van der Waals surface area contributed by atoms with E-state index in [1.165, 1.54) is 11.1 Å². The van der Waals surface area contributed by atoms with Crippen LogP contribution in [0.3, 0.4) is 0 Å². The lowest BCUT2D eigenvalue weighted by molar-refractivity contribution is 0.0434. The highest BCUT2D eigenvalue weighted by atomic mass is 16.5. The zero-order valence-corrected chi connectivity index (χ0v) is 23.2. The maximum atomic E-state index is 14.3. The number of nitrogens with one attached hydrogen (secondary N) is 1. The first-order valence-electron chi connectivity index (χ1n) is 14.0. The lowest BCUT2D eigenvalue weighted by Crippen LogP contribution is -2.70. The van der Waals surface area contributed by atoms with Gasteiger partial charge in [0.1, 0.15) is 11.6 Å². The molecule has 7 nitrogen and oxygen atoms in total. The minimum Gasteiger partial charge on any atom is -0.493 e. The Kier molecular flexibility index (Phi) is 6.98. The molecule has 1 amide bonds. The maximum absolute atomic E-state index is 14.3. The zero-order valence-electron chi connectivity index (χ0n) is 23.2. The standard InChI is InChI=1S/C33H35N5O2/c1-23(2)35-32-34-18-16-29(36-32)38(31(39)27-14-15-28-26(20-27)17-19-40-28)33(3)21-37(22-33)30(24-10-6-4-7-11-24)25-12-8-5-9-13-25/h4-16,18,20,23,30H,17,19,21-22H2,1-3H3,(H,34,35,36). The van der Waals surface area contributed by atoms with Gasteiger partial charge in [-0.3, -0.25) is 14.6 Å². The molecule has 0 radical (unpaired) electrons. The Morgan fingerprint density at radius 1 is 0.975 bits per heavy atom. The van der Waals surface area contributed by atoms with Crippen molar-refractivity contribution in [3.05, 3.63) is 113 Å². The highest BCUT2D eigenvalue weighted by molar-refractivity contribution is 6.07. The van der Waals surface area contributed by atoms with Crippen LogP contribution in [0.25, 0.3) is 0 Å². The van der Waals surface area contributed by atoms with Gasteiger partial charge in [0, 0.05) is 37.3 Å². The zero-order chi connectivity index (χ0) is 27.7. The van der Waals surface area contributed by atoms with Gasteiger partial charge in [0.25, 0.3) is 5.91 Å². The van der Waals surface area contributed by atoms with E-state index in [-0.39, 0.29) is 18.0 Å². The molecule has 2 aliphatic heterocycles. The van der Waals surface area contributed by atoms with Crippen LogP contribution in [0.15, 0.2) is 91.1 Å². The number of ether oxygens (including phenoxy) is 1. The van der Waals surface area contributed by atoms with E-state index in [1.54, 1.807) is 6.20 Å². The smallest absolute Gasteiger partial charge is 0.260 e. The van der Waals surface area contributed by atoms with Gasteiger partial charge in [-0.15, -0.1) is 0 Å². The summed E-state index contributed by atoms with van der Waals surface area (Å²) in [6.45, 7) is 8.28. The molecule has 1 saturated heterocycles. The quantitative estimate of drug-likeness (QED) is 0.311. The maximum Gasteiger partial charge on any atom is 0.260 e. The van der Waals surface area contributed by atoms with Crippen molar-refractivity contribution in [1.29, 1.82) is 0 Å². The second-order valence-electron chi connectivity index (χ2n) is 11.2. The molecule has 0 spiro atoms. The van der Waals surface area contributed by atoms with E-state index in [1.807, 2.05) is 55.1 Å². The molecule has 0 aliphatic carbocycles. The van der Waals surface area contributed by atoms with Crippen LogP contribution in [-0.4, -0.2) is 52.1 Å². The molecular formula is C33H35N5O2. The number of nitrogens with zero attached hydrogens (tertiary/aromatic N) is 4. The fraction of sp³-hybridized carbons (Fsp3) is 0.303. The summed E-state index contributed by atoms with van der Waals surface area (Å²) in [6.07, 6.45) is 2.54. The van der Waals surface area contributed by atoms with Gasteiger partial charge in [0.2, 0.25) is 5.95 Å². The van der Waals surface area contributed by atoms with Crippen molar-refractivity contribution in [1.82, 2.24) is 14.9 Å². The summed E-state index contributed by atoms with van der Waals surface area (Å²) in [5.41, 5.74) is 3.71. The first-order chi connectivity index (χ1) is 19.4. The molecule has 0 unspecified atom stereocenters. The third-order valence-electron chi connectivity index (χ3n) is 7.65. The summed E-state index contributed by atoms with van der Waals surface area (Å²) in [5.74, 6) is 1.90. The van der Waals surface area contributed by atoms with Crippen molar-refractivity contribution in [2.45, 2.75) is 44.8 Å². The average molecular weight is 534 g/mol. The summed E-state index contributed by atoms with van der Waals surface area (Å²) in [4.78, 5) is 27.8. The average Bonchev–Trinajstić information content (AvgIpc) is 3.42. The van der Waals surface area contributed by atoms with Gasteiger partial charge in [-0.2, -0.15) is 4.98 Å². The molecule has 0 saturated carbocycles. The van der Waals surface area contributed by atoms with E-state index >= 15 is 0 Å². The molecule has 3 heterocycles. The summed E-state index contributed by atoms with van der Waals surface area (Å²) in [6, 6.07) is 29.0. The van der Waals surface area contributed by atoms with Gasteiger partial charge in [-0.1, -0.05) is 60.7 Å². The largest absolute Gasteiger partial charge is 0.493 e. The highest BCUT2D eigenvalue weighted by Gasteiger charge is 2.50. The van der Waals surface area contributed by atoms with Gasteiger partial charge in [-0.05, 0) is 61.7 Å². The third kappa shape index (κ3) is 5.05. The first-order valence-corrected chi connectivity index (χ1v) is 14.0. The molecule has 0 atom stereocenters. The molecule has 1 aromatic heterocycles. The summed E-state index contributed by atoms with van der Waals surface area (Å²) < 4.78 is 5.69. The predicted octanol–water partition coefficient (Wildman–Crippen LogP) is 5.74. The normalized spacial score (nSPS) is 15.8. The topological polar surface area (TPSA) is 70.6 Å². The van der Waals surface area contributed by atoms with E-state index in [0.29, 0.717) is 37.0 Å². The van der Waals surface area contributed by atoms with Crippen molar-refractivity contribution >= 4 is 17.7 Å². The molecule has 1 N–H and O–H groups in total. The van der Waals surface area contributed by atoms with Gasteiger partial charge in [0.05, 0.1) is 18.2 Å². The fourth-order valence-corrected chi connectivity index (χ4v) is 5.91. The second-order valence-corrected chi connectivity index (χ2v) is 11.2. The van der Waals surface area contributed by atoms with Crippen molar-refractivity contribution in [3.8, 4) is 5.75 Å². The lowest BCUT2D eigenvalue weighted by atomic mass is 9.84. The first kappa shape index (κ1) is 26.0. The number of fused-ring (bicyclic) bond motifs is 1. The molecule has 0 bridgehead atoms. The minimum absolute atomic E-state index is 0.0676. The van der Waals surface area contributed by atoms with Crippen LogP contribution in [0, 0.1) is 0 Å². The van der Waals surface area contributed by atoms with Gasteiger partial charge in [-0.25, -0.2) is 4.98 Å². The fourth-order valence-electron chi connectivity index (χ4n) is 5.91. The summed E-state index contributed by atoms with van der Waals surface area (Å²) in [5, 5.41) is 3.28. The lowest BCUT2D eigenvalue weighted by Gasteiger charge is -2.56. The van der Waals surface area contributed by atoms with Crippen molar-refractivity contribution < 1.29 is 9.53 Å². The Morgan fingerprint density at radius 2 is 1.65 bits per heavy atom. The molecule has 204 valence electrons. The highest BCUT2D eigenvalue weighted by Crippen LogP contribution is 2.41. The monoisotopic (exact) mass is 533 g/mol. The molecule has 4 aromatic rings. The third-order valence-corrected chi connectivity index (χ3v) is 7.65. The van der Waals surface area contributed by atoms with E-state index in [9.17, 15) is 4.79 Å². The Hall–Kier alpha value is -4.23. The van der Waals surface area contributed by atoms with Gasteiger partial charge in [0.15, 0.2) is 0 Å². The van der Waals surface area contributed by atoms with Crippen LogP contribution in [0.2, 0.25) is 0 Å². The molecule has 3 aromatic carbocycles. The van der Waals surface area contributed by atoms with Crippen LogP contribution in [0.5, 0.6) is 5.75 Å². The molecule has 6 rings (SSSR count). The molecule has 1 fully saturated rings. The Morgan fingerprint density at radius 3 is 2.30 bits per heavy atom. The van der Waals surface area contributed by atoms with Crippen molar-refractivity contribution in [2.24, 2.45) is 0 Å². The number of carbonyl (C=O) groups excluding carboxylic acids is 1. The number of aromatic nitrogens is 2. The SMILES string of the molecule is CC(C)Nc1nccc(N(C(=O)c2ccc3c(c2)CCO3)C2(C)CN(C(c3ccccc3)c3ccccc3)C2)n1. The number of likely N-dealkylation sites (tertiary alicyclic amines) is 1. The number of anilines is 2. The van der Waals surface area contributed by atoms with Crippen LogP contribution in [0.4, 0.5) is 11.8 Å². The number of rotatable bonds is 8. The van der Waals surface area contributed by atoms with E-state index < -0.39 is 5.54 Å². The number of hydrogen-bond acceptors (Lipinski definition) is 6. The van der Waals surface area contributed by atoms with Gasteiger partial charge >= 0.3 is 0 Å². The van der Waals surface area contributed by atoms with E-state index in [0.717, 1.165) is 17.7 Å². The van der Waals surface area contributed by atoms with Crippen LogP contribution in [-0.2, 0) is 6.42 Å². The Balaban J connectivity index is 1.36. The summed E-state index contributed by atoms with van der Waals surface area (Å²) >= 11 is 0. The molecule has 40 heavy (non-hydrogen) atoms. The van der Waals surface area contributed by atoms with Crippen molar-refractivity contribution in [2.75, 3.05) is 29.9 Å². The number of amides is 1. The number of carbonyl (C=O) groups is 1. The number of hydrogen-bond donors (Lipinski definition) is 1. The molecule has 2 aliphatic rings. The van der Waals surface area contributed by atoms with E-state index in [4.69, 9.17) is 9.72 Å². The minimum atomic E-state index is -0.474. The van der Waals surface area contributed by atoms with Crippen LogP contribution >= 0.6 is 0 Å². The summed E-state index contributed by atoms with van der Waals surface area (Å²) in [7, 11) is 0. The van der Waals surface area contributed by atoms with Crippen LogP contribution in [0.1, 0.15) is 53.9 Å². The van der Waals surface area contributed by atoms with Crippen molar-refractivity contribution in [3.63, 3.8) is 0 Å². The van der Waals surface area contributed by atoms with Gasteiger partial charge < -0.3 is 10.1 Å². The number of benzene rings is 3.